The van der Waals surface area contributed by atoms with Gasteiger partial charge < -0.3 is 10.3 Å². The van der Waals surface area contributed by atoms with Crippen molar-refractivity contribution >= 4 is 32.6 Å². The van der Waals surface area contributed by atoms with Crippen LogP contribution in [0.5, 0.6) is 0 Å². The van der Waals surface area contributed by atoms with Crippen LogP contribution in [-0.4, -0.2) is 29.2 Å². The molecule has 0 atom stereocenters. The second-order valence-corrected chi connectivity index (χ2v) is 9.80. The molecule has 5 aromatic rings. The first-order valence-electron chi connectivity index (χ1n) is 10.4. The van der Waals surface area contributed by atoms with Crippen molar-refractivity contribution in [2.45, 2.75) is 0 Å². The number of nitrogens with zero attached hydrogens (tertiary/aromatic N) is 3. The Morgan fingerprint density at radius 2 is 1.63 bits per heavy atom. The van der Waals surface area contributed by atoms with Crippen LogP contribution >= 0.6 is 0 Å². The third-order valence-corrected chi connectivity index (χ3v) is 6.05. The highest BCUT2D eigenvalue weighted by molar-refractivity contribution is 7.92. The maximum absolute atomic E-state index is 14.7. The number of aromatic nitrogens is 3. The largest absolute Gasteiger partial charge is 0.368 e. The molecule has 0 amide bonds. The number of hydrogen-bond donors (Lipinski definition) is 2. The molecule has 7 nitrogen and oxygen atoms in total. The van der Waals surface area contributed by atoms with Crippen LogP contribution in [-0.2, 0) is 10.0 Å². The van der Waals surface area contributed by atoms with Crippen molar-refractivity contribution in [3.05, 3.63) is 90.9 Å². The molecule has 10 heteroatoms. The van der Waals surface area contributed by atoms with Crippen molar-refractivity contribution in [2.75, 3.05) is 16.7 Å². The first-order chi connectivity index (χ1) is 16.7. The summed E-state index contributed by atoms with van der Waals surface area (Å²) in [6, 6.07) is 15.9. The molecule has 35 heavy (non-hydrogen) atoms. The van der Waals surface area contributed by atoms with Gasteiger partial charge in [-0.15, -0.1) is 0 Å². The summed E-state index contributed by atoms with van der Waals surface area (Å²) < 4.78 is 56.0. The second-order valence-electron chi connectivity index (χ2n) is 8.06. The van der Waals surface area contributed by atoms with Gasteiger partial charge in [-0.05, 0) is 59.7 Å². The first-order valence-corrected chi connectivity index (χ1v) is 12.3. The molecule has 0 aliphatic rings. The fourth-order valence-electron chi connectivity index (χ4n) is 3.91. The van der Waals surface area contributed by atoms with Gasteiger partial charge in [-0.25, -0.2) is 27.2 Å². The highest BCUT2D eigenvalue weighted by atomic mass is 32.2. The van der Waals surface area contributed by atoms with Crippen LogP contribution in [0.4, 0.5) is 20.4 Å². The van der Waals surface area contributed by atoms with E-state index in [0.717, 1.165) is 23.2 Å². The smallest absolute Gasteiger partial charge is 0.229 e. The summed E-state index contributed by atoms with van der Waals surface area (Å²) in [7, 11) is -3.46. The molecule has 0 aliphatic heterocycles. The summed E-state index contributed by atoms with van der Waals surface area (Å²) in [5.74, 6) is -1.24. The van der Waals surface area contributed by atoms with E-state index in [2.05, 4.69) is 14.7 Å². The van der Waals surface area contributed by atoms with E-state index in [1.807, 2.05) is 22.9 Å². The molecule has 0 bridgehead atoms. The summed E-state index contributed by atoms with van der Waals surface area (Å²) in [4.78, 5) is 8.09. The Hall–Kier alpha value is -4.31. The first kappa shape index (κ1) is 22.5. The van der Waals surface area contributed by atoms with Crippen molar-refractivity contribution in [3.8, 4) is 27.9 Å². The summed E-state index contributed by atoms with van der Waals surface area (Å²) >= 11 is 0. The Morgan fingerprint density at radius 1 is 0.886 bits per heavy atom. The van der Waals surface area contributed by atoms with Gasteiger partial charge in [-0.1, -0.05) is 6.07 Å². The van der Waals surface area contributed by atoms with E-state index in [9.17, 15) is 17.2 Å². The SMILES string of the molecule is CS(=O)(=O)Nc1ccc2ccn(-c3cc(-c4cnc(N)nc4)cc(-c4ccc(F)cc4F)c3)c2c1. The number of rotatable bonds is 5. The van der Waals surface area contributed by atoms with Crippen LogP contribution in [0.3, 0.4) is 0 Å². The average Bonchev–Trinajstić information content (AvgIpc) is 3.21. The van der Waals surface area contributed by atoms with Gasteiger partial charge in [0.15, 0.2) is 0 Å². The Bertz CT molecular complexity index is 1680. The van der Waals surface area contributed by atoms with Crippen LogP contribution < -0.4 is 10.5 Å². The van der Waals surface area contributed by atoms with Crippen molar-refractivity contribution in [1.82, 2.24) is 14.5 Å². The molecule has 176 valence electrons. The lowest BCUT2D eigenvalue weighted by Gasteiger charge is -2.14. The topological polar surface area (TPSA) is 103 Å². The molecule has 0 saturated heterocycles. The van der Waals surface area contributed by atoms with Gasteiger partial charge in [0, 0.05) is 46.9 Å². The number of nitrogen functional groups attached to an aromatic ring is 1. The molecule has 2 aromatic heterocycles. The maximum atomic E-state index is 14.7. The van der Waals surface area contributed by atoms with Gasteiger partial charge in [0.05, 0.1) is 17.5 Å². The Kier molecular flexibility index (Phi) is 5.45. The number of fused-ring (bicyclic) bond motifs is 1. The predicted molar refractivity (Wildman–Crippen MR) is 133 cm³/mol. The van der Waals surface area contributed by atoms with Crippen LogP contribution in [0, 0.1) is 11.6 Å². The summed E-state index contributed by atoms with van der Waals surface area (Å²) in [5, 5.41) is 0.875. The van der Waals surface area contributed by atoms with Gasteiger partial charge in [-0.2, -0.15) is 0 Å². The number of hydrogen-bond acceptors (Lipinski definition) is 5. The standard InChI is InChI=1S/C25H19F2N5O2S/c1-35(33,34)31-20-4-2-15-6-7-32(24(15)12-20)21-9-16(18-13-29-25(28)30-14-18)8-17(10-21)22-5-3-19(26)11-23(22)27/h2-14,31H,1H3,(H2,28,29,30). The quantitative estimate of drug-likeness (QED) is 0.361. The van der Waals surface area contributed by atoms with E-state index in [1.54, 1.807) is 42.7 Å². The second kappa shape index (κ2) is 8.48. The molecule has 5 rings (SSSR count). The van der Waals surface area contributed by atoms with E-state index >= 15 is 0 Å². The average molecular weight is 492 g/mol. The summed E-state index contributed by atoms with van der Waals surface area (Å²) in [5.41, 5.74) is 9.52. The minimum atomic E-state index is -3.46. The van der Waals surface area contributed by atoms with Crippen molar-refractivity contribution in [3.63, 3.8) is 0 Å². The number of sulfonamides is 1. The maximum Gasteiger partial charge on any atom is 0.229 e. The number of benzene rings is 3. The van der Waals surface area contributed by atoms with Crippen LogP contribution in [0.1, 0.15) is 0 Å². The lowest BCUT2D eigenvalue weighted by atomic mass is 9.98. The van der Waals surface area contributed by atoms with Gasteiger partial charge in [0.25, 0.3) is 0 Å². The van der Waals surface area contributed by atoms with Crippen LogP contribution in [0.25, 0.3) is 38.8 Å². The van der Waals surface area contributed by atoms with E-state index in [1.165, 1.54) is 12.1 Å². The Morgan fingerprint density at radius 3 is 2.34 bits per heavy atom. The molecular weight excluding hydrogens is 472 g/mol. The normalized spacial score (nSPS) is 11.6. The van der Waals surface area contributed by atoms with Crippen LogP contribution in [0.15, 0.2) is 79.3 Å². The van der Waals surface area contributed by atoms with Crippen molar-refractivity contribution in [2.24, 2.45) is 0 Å². The van der Waals surface area contributed by atoms with Gasteiger partial charge in [0.1, 0.15) is 11.6 Å². The third kappa shape index (κ3) is 4.69. The lowest BCUT2D eigenvalue weighted by molar-refractivity contribution is 0.585. The van der Waals surface area contributed by atoms with Crippen LogP contribution in [0.2, 0.25) is 0 Å². The zero-order valence-electron chi connectivity index (χ0n) is 18.4. The van der Waals surface area contributed by atoms with E-state index < -0.39 is 21.7 Å². The molecule has 3 N–H and O–H groups in total. The fourth-order valence-corrected chi connectivity index (χ4v) is 4.47. The number of halogens is 2. The molecule has 0 unspecified atom stereocenters. The molecule has 0 radical (unpaired) electrons. The van der Waals surface area contributed by atoms with Crippen molar-refractivity contribution in [1.29, 1.82) is 0 Å². The summed E-state index contributed by atoms with van der Waals surface area (Å²) in [6.07, 6.45) is 6.04. The lowest BCUT2D eigenvalue weighted by Crippen LogP contribution is -2.09. The molecule has 0 saturated carbocycles. The van der Waals surface area contributed by atoms with Gasteiger partial charge in [0.2, 0.25) is 16.0 Å². The molecule has 0 aliphatic carbocycles. The minimum absolute atomic E-state index is 0.122. The van der Waals surface area contributed by atoms with E-state index in [4.69, 9.17) is 5.73 Å². The minimum Gasteiger partial charge on any atom is -0.368 e. The molecule has 2 heterocycles. The highest BCUT2D eigenvalue weighted by Gasteiger charge is 2.14. The highest BCUT2D eigenvalue weighted by Crippen LogP contribution is 2.33. The Balaban J connectivity index is 1.72. The van der Waals surface area contributed by atoms with E-state index in [-0.39, 0.29) is 11.5 Å². The molecule has 0 fully saturated rings. The van der Waals surface area contributed by atoms with Gasteiger partial charge in [-0.3, -0.25) is 4.72 Å². The predicted octanol–water partition coefficient (Wildman–Crippen LogP) is 4.99. The number of anilines is 2. The number of nitrogens with one attached hydrogen (secondary N) is 1. The van der Waals surface area contributed by atoms with Crippen molar-refractivity contribution < 1.29 is 17.2 Å². The Labute approximate surface area is 199 Å². The number of nitrogens with two attached hydrogens (primary N) is 1. The zero-order chi connectivity index (χ0) is 24.7. The molecular formula is C25H19F2N5O2S. The van der Waals surface area contributed by atoms with E-state index in [0.29, 0.717) is 28.1 Å². The zero-order valence-corrected chi connectivity index (χ0v) is 19.2. The fraction of sp³-hybridized carbons (Fsp3) is 0.0400. The summed E-state index contributed by atoms with van der Waals surface area (Å²) in [6.45, 7) is 0. The third-order valence-electron chi connectivity index (χ3n) is 5.44. The van der Waals surface area contributed by atoms with Gasteiger partial charge >= 0.3 is 0 Å². The molecule has 3 aromatic carbocycles. The molecule has 0 spiro atoms. The monoisotopic (exact) mass is 491 g/mol.